The van der Waals surface area contributed by atoms with Crippen LogP contribution in [0.5, 0.6) is 0 Å². The van der Waals surface area contributed by atoms with Crippen molar-refractivity contribution in [1.29, 1.82) is 0 Å². The number of hydrogen-bond donors (Lipinski definition) is 2. The molecule has 0 spiro atoms. The summed E-state index contributed by atoms with van der Waals surface area (Å²) in [7, 11) is 1.43. The molecule has 0 aliphatic rings. The van der Waals surface area contributed by atoms with Gasteiger partial charge in [0.15, 0.2) is 0 Å². The van der Waals surface area contributed by atoms with Crippen molar-refractivity contribution < 1.29 is 19.4 Å². The Hall–Kier alpha value is -1.10. The molecular weight excluding hydrogens is 438 g/mol. The van der Waals surface area contributed by atoms with Gasteiger partial charge in [-0.15, -0.1) is 0 Å². The third kappa shape index (κ3) is 23.1. The van der Waals surface area contributed by atoms with E-state index in [1.165, 1.54) is 71.3 Å². The average Bonchev–Trinajstić information content (AvgIpc) is 2.86. The van der Waals surface area contributed by atoms with Crippen LogP contribution < -0.4 is 5.32 Å². The molecule has 0 saturated heterocycles. The van der Waals surface area contributed by atoms with E-state index >= 15 is 0 Å². The molecule has 0 aliphatic carbocycles. The molecular formula is C30H59NO4. The van der Waals surface area contributed by atoms with Crippen molar-refractivity contribution >= 4 is 11.9 Å². The lowest BCUT2D eigenvalue weighted by atomic mass is 9.97. The summed E-state index contributed by atoms with van der Waals surface area (Å²) < 4.78 is 4.69. The highest BCUT2D eigenvalue weighted by Gasteiger charge is 2.20. The third-order valence-corrected chi connectivity index (χ3v) is 7.05. The van der Waals surface area contributed by atoms with E-state index in [4.69, 9.17) is 0 Å². The van der Waals surface area contributed by atoms with Crippen molar-refractivity contribution in [3.05, 3.63) is 0 Å². The molecule has 35 heavy (non-hydrogen) atoms. The Morgan fingerprint density at radius 3 is 1.57 bits per heavy atom. The Morgan fingerprint density at radius 1 is 0.629 bits per heavy atom. The first-order chi connectivity index (χ1) is 17.0. The third-order valence-electron chi connectivity index (χ3n) is 7.05. The molecule has 0 fully saturated rings. The first-order valence-corrected chi connectivity index (χ1v) is 15.1. The summed E-state index contributed by atoms with van der Waals surface area (Å²) in [6.07, 6.45) is 24.3. The van der Waals surface area contributed by atoms with Crippen LogP contribution in [-0.2, 0) is 14.3 Å². The zero-order chi connectivity index (χ0) is 26.0. The molecule has 0 radical (unpaired) electrons. The Kier molecular flexibility index (Phi) is 25.2. The highest BCUT2D eigenvalue weighted by atomic mass is 16.5. The monoisotopic (exact) mass is 497 g/mol. The SMILES string of the molecule is CCCCCCCCCCC(=O)NC(CCCCCCCC(=O)OC)C(O)CCCCCCCC. The molecule has 0 aromatic carbocycles. The van der Waals surface area contributed by atoms with Gasteiger partial charge in [-0.2, -0.15) is 0 Å². The first-order valence-electron chi connectivity index (χ1n) is 15.1. The van der Waals surface area contributed by atoms with Crippen molar-refractivity contribution in [2.45, 2.75) is 174 Å². The molecule has 2 atom stereocenters. The maximum absolute atomic E-state index is 12.6. The van der Waals surface area contributed by atoms with Gasteiger partial charge in [0, 0.05) is 12.8 Å². The number of hydrogen-bond acceptors (Lipinski definition) is 4. The van der Waals surface area contributed by atoms with E-state index in [1.807, 2.05) is 0 Å². The first kappa shape index (κ1) is 33.9. The van der Waals surface area contributed by atoms with Crippen LogP contribution in [0, 0.1) is 0 Å². The van der Waals surface area contributed by atoms with Crippen LogP contribution in [0.15, 0.2) is 0 Å². The van der Waals surface area contributed by atoms with Crippen LogP contribution in [0.2, 0.25) is 0 Å². The van der Waals surface area contributed by atoms with Gasteiger partial charge in [-0.1, -0.05) is 123 Å². The predicted octanol–water partition coefficient (Wildman–Crippen LogP) is 8.02. The summed E-state index contributed by atoms with van der Waals surface area (Å²) >= 11 is 0. The molecule has 0 bridgehead atoms. The van der Waals surface area contributed by atoms with Crippen molar-refractivity contribution in [3.8, 4) is 0 Å². The van der Waals surface area contributed by atoms with Crippen molar-refractivity contribution in [2.75, 3.05) is 7.11 Å². The highest BCUT2D eigenvalue weighted by Crippen LogP contribution is 2.16. The molecule has 0 rings (SSSR count). The fourth-order valence-electron chi connectivity index (χ4n) is 4.66. The lowest BCUT2D eigenvalue weighted by Gasteiger charge is -2.24. The van der Waals surface area contributed by atoms with Gasteiger partial charge < -0.3 is 15.2 Å². The Bertz CT molecular complexity index is 483. The molecule has 0 heterocycles. The lowest BCUT2D eigenvalue weighted by Crippen LogP contribution is -2.43. The summed E-state index contributed by atoms with van der Waals surface area (Å²) in [5, 5.41) is 14.0. The minimum Gasteiger partial charge on any atom is -0.469 e. The normalized spacial score (nSPS) is 12.9. The topological polar surface area (TPSA) is 75.6 Å². The molecule has 5 heteroatoms. The van der Waals surface area contributed by atoms with Gasteiger partial charge in [0.05, 0.1) is 19.3 Å². The van der Waals surface area contributed by atoms with Crippen molar-refractivity contribution in [1.82, 2.24) is 5.32 Å². The Labute approximate surface area is 217 Å². The summed E-state index contributed by atoms with van der Waals surface area (Å²) in [5.41, 5.74) is 0. The fraction of sp³-hybridized carbons (Fsp3) is 0.933. The standard InChI is InChI=1S/C30H59NO4/c1-4-6-8-10-12-13-17-21-25-29(33)31-27(28(32)24-20-16-11-9-7-5-2)23-19-15-14-18-22-26-30(34)35-3/h27-28,32H,4-26H2,1-3H3,(H,31,33). The van der Waals surface area contributed by atoms with Crippen molar-refractivity contribution in [2.24, 2.45) is 0 Å². The number of nitrogens with one attached hydrogen (secondary N) is 1. The second kappa shape index (κ2) is 26.0. The van der Waals surface area contributed by atoms with Crippen LogP contribution in [0.4, 0.5) is 0 Å². The number of aliphatic hydroxyl groups is 1. The minimum absolute atomic E-state index is 0.0982. The number of rotatable bonds is 26. The number of amides is 1. The number of carbonyl (C=O) groups excluding carboxylic acids is 2. The summed E-state index contributed by atoms with van der Waals surface area (Å²) in [6.45, 7) is 4.47. The maximum atomic E-state index is 12.6. The number of methoxy groups -OCH3 is 1. The summed E-state index contributed by atoms with van der Waals surface area (Å²) in [4.78, 5) is 23.8. The molecule has 0 saturated carbocycles. The van der Waals surface area contributed by atoms with E-state index in [0.29, 0.717) is 12.8 Å². The molecule has 2 N–H and O–H groups in total. The van der Waals surface area contributed by atoms with Crippen molar-refractivity contribution in [3.63, 3.8) is 0 Å². The average molecular weight is 498 g/mol. The van der Waals surface area contributed by atoms with E-state index < -0.39 is 6.10 Å². The predicted molar refractivity (Wildman–Crippen MR) is 147 cm³/mol. The second-order valence-corrected chi connectivity index (χ2v) is 10.4. The van der Waals surface area contributed by atoms with Gasteiger partial charge in [0.1, 0.15) is 0 Å². The van der Waals surface area contributed by atoms with E-state index in [9.17, 15) is 14.7 Å². The maximum Gasteiger partial charge on any atom is 0.305 e. The lowest BCUT2D eigenvalue weighted by molar-refractivity contribution is -0.140. The highest BCUT2D eigenvalue weighted by molar-refractivity contribution is 5.76. The zero-order valence-electron chi connectivity index (χ0n) is 23.6. The summed E-state index contributed by atoms with van der Waals surface area (Å²) in [6, 6.07) is -0.137. The zero-order valence-corrected chi connectivity index (χ0v) is 23.6. The van der Waals surface area contributed by atoms with Gasteiger partial charge in [-0.25, -0.2) is 0 Å². The van der Waals surface area contributed by atoms with Gasteiger partial charge in [0.2, 0.25) is 5.91 Å². The smallest absolute Gasteiger partial charge is 0.305 e. The van der Waals surface area contributed by atoms with E-state index in [2.05, 4.69) is 23.9 Å². The van der Waals surface area contributed by atoms with Gasteiger partial charge >= 0.3 is 5.97 Å². The Morgan fingerprint density at radius 2 is 1.06 bits per heavy atom. The second-order valence-electron chi connectivity index (χ2n) is 10.4. The molecule has 208 valence electrons. The molecule has 0 aromatic heterocycles. The number of esters is 1. The van der Waals surface area contributed by atoms with Gasteiger partial charge in [-0.05, 0) is 25.7 Å². The van der Waals surface area contributed by atoms with Crippen LogP contribution in [0.25, 0.3) is 0 Å². The largest absolute Gasteiger partial charge is 0.469 e. The van der Waals surface area contributed by atoms with E-state index in [-0.39, 0.29) is 17.9 Å². The summed E-state index contributed by atoms with van der Waals surface area (Å²) in [5.74, 6) is -0.0388. The number of unbranched alkanes of at least 4 members (excludes halogenated alkanes) is 16. The van der Waals surface area contributed by atoms with Crippen LogP contribution in [0.1, 0.15) is 162 Å². The van der Waals surface area contributed by atoms with Crippen LogP contribution in [0.3, 0.4) is 0 Å². The Balaban J connectivity index is 4.25. The van der Waals surface area contributed by atoms with Gasteiger partial charge in [-0.3, -0.25) is 9.59 Å². The van der Waals surface area contributed by atoms with E-state index in [1.54, 1.807) is 0 Å². The fourth-order valence-corrected chi connectivity index (χ4v) is 4.66. The number of ether oxygens (including phenoxy) is 1. The van der Waals surface area contributed by atoms with Gasteiger partial charge in [0.25, 0.3) is 0 Å². The molecule has 2 unspecified atom stereocenters. The quantitative estimate of drug-likeness (QED) is 0.0937. The van der Waals surface area contributed by atoms with Crippen LogP contribution >= 0.6 is 0 Å². The van der Waals surface area contributed by atoms with E-state index in [0.717, 1.165) is 70.6 Å². The molecule has 0 aromatic rings. The molecule has 5 nitrogen and oxygen atoms in total. The molecule has 1 amide bonds. The van der Waals surface area contributed by atoms with Crippen LogP contribution in [-0.4, -0.2) is 36.2 Å². The minimum atomic E-state index is -0.456. The number of aliphatic hydroxyl groups excluding tert-OH is 1. The number of carbonyl (C=O) groups is 2. The molecule has 0 aliphatic heterocycles.